The molecule has 0 heterocycles. The Labute approximate surface area is 131 Å². The van der Waals surface area contributed by atoms with Crippen LogP contribution in [0.1, 0.15) is 23.1 Å². The number of nitrogens with zero attached hydrogens (tertiary/aromatic N) is 1. The van der Waals surface area contributed by atoms with Gasteiger partial charge in [-0.05, 0) is 5.56 Å². The number of benzene rings is 2. The quantitative estimate of drug-likeness (QED) is 0.248. The molecule has 0 amide bonds. The first kappa shape index (κ1) is 17.8. The van der Waals surface area contributed by atoms with Crippen LogP contribution in [0.25, 0.3) is 0 Å². The molecule has 2 aromatic carbocycles. The van der Waals surface area contributed by atoms with Gasteiger partial charge in [-0.25, -0.2) is 30.7 Å². The molecule has 0 saturated carbocycles. The molecule has 2 rings (SSSR count). The second kappa shape index (κ2) is 7.33. The minimum atomic E-state index is -2.64. The van der Waals surface area contributed by atoms with Crippen LogP contribution in [0.3, 0.4) is 0 Å². The van der Waals surface area contributed by atoms with E-state index in [1.807, 2.05) is 0 Å². The summed E-state index contributed by atoms with van der Waals surface area (Å²) in [6, 6.07) is 4.84. The van der Waals surface area contributed by atoms with E-state index in [1.165, 1.54) is 12.1 Å². The van der Waals surface area contributed by atoms with Gasteiger partial charge in [0.1, 0.15) is 6.61 Å². The van der Waals surface area contributed by atoms with Gasteiger partial charge in [-0.3, -0.25) is 0 Å². The van der Waals surface area contributed by atoms with Crippen LogP contribution in [0.2, 0.25) is 0 Å². The predicted octanol–water partition coefficient (Wildman–Crippen LogP) is 4.87. The zero-order chi connectivity index (χ0) is 17.9. The van der Waals surface area contributed by atoms with Crippen molar-refractivity contribution in [2.24, 2.45) is 5.16 Å². The second-order valence-electron chi connectivity index (χ2n) is 4.52. The van der Waals surface area contributed by atoms with Gasteiger partial charge in [-0.15, -0.1) is 0 Å². The van der Waals surface area contributed by atoms with Gasteiger partial charge in [-0.1, -0.05) is 29.4 Å². The maximum atomic E-state index is 13.3. The van der Waals surface area contributed by atoms with Gasteiger partial charge in [0.25, 0.3) is 6.43 Å². The molecule has 24 heavy (non-hydrogen) atoms. The zero-order valence-electron chi connectivity index (χ0n) is 11.7. The Hall–Kier alpha value is -2.58. The summed E-state index contributed by atoms with van der Waals surface area (Å²) in [5.74, 6) is -10.5. The molecule has 0 aliphatic rings. The topological polar surface area (TPSA) is 21.6 Å². The van der Waals surface area contributed by atoms with Crippen molar-refractivity contribution in [2.75, 3.05) is 0 Å². The van der Waals surface area contributed by atoms with E-state index < -0.39 is 47.7 Å². The molecule has 0 atom stereocenters. The normalized spacial score (nSPS) is 11.5. The molecule has 0 N–H and O–H groups in total. The van der Waals surface area contributed by atoms with Crippen LogP contribution >= 0.6 is 0 Å². The van der Waals surface area contributed by atoms with E-state index in [4.69, 9.17) is 0 Å². The van der Waals surface area contributed by atoms with Crippen molar-refractivity contribution in [1.82, 2.24) is 0 Å². The Morgan fingerprint density at radius 3 is 1.83 bits per heavy atom. The largest absolute Gasteiger partial charge is 0.391 e. The highest BCUT2D eigenvalue weighted by Crippen LogP contribution is 2.23. The molecule has 0 aliphatic heterocycles. The van der Waals surface area contributed by atoms with Crippen molar-refractivity contribution in [3.05, 3.63) is 70.0 Å². The van der Waals surface area contributed by atoms with E-state index in [0.717, 1.165) is 18.3 Å². The van der Waals surface area contributed by atoms with Crippen molar-refractivity contribution in [3.8, 4) is 0 Å². The fourth-order valence-corrected chi connectivity index (χ4v) is 1.70. The Balaban J connectivity index is 2.07. The Kier molecular flexibility index (Phi) is 5.42. The van der Waals surface area contributed by atoms with Crippen LogP contribution in [-0.2, 0) is 11.4 Å². The van der Waals surface area contributed by atoms with Crippen molar-refractivity contribution in [3.63, 3.8) is 0 Å². The third-order valence-corrected chi connectivity index (χ3v) is 2.97. The van der Waals surface area contributed by atoms with Gasteiger partial charge in [-0.2, -0.15) is 0 Å². The fourth-order valence-electron chi connectivity index (χ4n) is 1.70. The van der Waals surface area contributed by atoms with Crippen LogP contribution in [0.5, 0.6) is 0 Å². The number of hydrogen-bond donors (Lipinski definition) is 0. The van der Waals surface area contributed by atoms with Crippen molar-refractivity contribution in [2.45, 2.75) is 13.0 Å². The van der Waals surface area contributed by atoms with E-state index in [-0.39, 0.29) is 5.56 Å². The Bertz CT molecular complexity index is 730. The van der Waals surface area contributed by atoms with Gasteiger partial charge in [0, 0.05) is 5.56 Å². The Morgan fingerprint density at radius 2 is 1.33 bits per heavy atom. The highest BCUT2D eigenvalue weighted by molar-refractivity contribution is 5.79. The van der Waals surface area contributed by atoms with Gasteiger partial charge < -0.3 is 4.84 Å². The van der Waals surface area contributed by atoms with Crippen LogP contribution in [0, 0.1) is 29.1 Å². The summed E-state index contributed by atoms with van der Waals surface area (Å²) < 4.78 is 90.2. The summed E-state index contributed by atoms with van der Waals surface area (Å²) in [6.07, 6.45) is -1.61. The predicted molar refractivity (Wildman–Crippen MR) is 70.0 cm³/mol. The summed E-state index contributed by atoms with van der Waals surface area (Å²) in [5, 5.41) is 3.29. The summed E-state index contributed by atoms with van der Waals surface area (Å²) in [7, 11) is 0. The summed E-state index contributed by atoms with van der Waals surface area (Å²) >= 11 is 0. The molecule has 9 heteroatoms. The van der Waals surface area contributed by atoms with E-state index in [9.17, 15) is 30.7 Å². The summed E-state index contributed by atoms with van der Waals surface area (Å²) in [5.41, 5.74) is -1.05. The molecule has 2 nitrogen and oxygen atoms in total. The number of hydrogen-bond acceptors (Lipinski definition) is 2. The number of halogens is 7. The molecule has 2 aromatic rings. The molecule has 0 unspecified atom stereocenters. The number of oxime groups is 1. The van der Waals surface area contributed by atoms with Gasteiger partial charge in [0.15, 0.2) is 23.3 Å². The SMILES string of the molecule is Fc1c(F)c(F)c(CON=Cc2ccc(C(F)F)cc2)c(F)c1F. The molecular formula is C15H8F7NO. The number of rotatable bonds is 5. The van der Waals surface area contributed by atoms with Crippen LogP contribution in [-0.4, -0.2) is 6.21 Å². The van der Waals surface area contributed by atoms with Crippen LogP contribution < -0.4 is 0 Å². The van der Waals surface area contributed by atoms with Gasteiger partial charge in [0.2, 0.25) is 5.82 Å². The molecule has 0 fully saturated rings. The third kappa shape index (κ3) is 3.66. The summed E-state index contributed by atoms with van der Waals surface area (Å²) in [4.78, 5) is 4.50. The highest BCUT2D eigenvalue weighted by Gasteiger charge is 2.25. The zero-order valence-corrected chi connectivity index (χ0v) is 11.7. The van der Waals surface area contributed by atoms with Gasteiger partial charge in [0.05, 0.1) is 11.8 Å². The van der Waals surface area contributed by atoms with E-state index in [2.05, 4.69) is 9.99 Å². The summed E-state index contributed by atoms with van der Waals surface area (Å²) in [6.45, 7) is -1.00. The first-order chi connectivity index (χ1) is 11.3. The lowest BCUT2D eigenvalue weighted by Gasteiger charge is -2.06. The molecular weight excluding hydrogens is 343 g/mol. The monoisotopic (exact) mass is 351 g/mol. The lowest BCUT2D eigenvalue weighted by atomic mass is 10.1. The Morgan fingerprint density at radius 1 is 0.833 bits per heavy atom. The van der Waals surface area contributed by atoms with E-state index in [0.29, 0.717) is 5.56 Å². The average molecular weight is 351 g/mol. The van der Waals surface area contributed by atoms with Crippen molar-refractivity contribution >= 4 is 6.21 Å². The van der Waals surface area contributed by atoms with E-state index in [1.54, 1.807) is 0 Å². The smallest absolute Gasteiger partial charge is 0.263 e. The maximum absolute atomic E-state index is 13.3. The van der Waals surface area contributed by atoms with Crippen LogP contribution in [0.4, 0.5) is 30.7 Å². The first-order valence-corrected chi connectivity index (χ1v) is 6.36. The lowest BCUT2D eigenvalue weighted by molar-refractivity contribution is 0.124. The maximum Gasteiger partial charge on any atom is 0.263 e. The second-order valence-corrected chi connectivity index (χ2v) is 4.52. The fraction of sp³-hybridized carbons (Fsp3) is 0.133. The lowest BCUT2D eigenvalue weighted by Crippen LogP contribution is -2.07. The van der Waals surface area contributed by atoms with Crippen LogP contribution in [0.15, 0.2) is 29.4 Å². The molecule has 0 radical (unpaired) electrons. The molecule has 0 spiro atoms. The van der Waals surface area contributed by atoms with E-state index >= 15 is 0 Å². The third-order valence-electron chi connectivity index (χ3n) is 2.97. The standard InChI is InChI=1S/C15H8F7NO/c16-10-9(11(17)13(19)14(20)12(10)18)6-24-23-5-7-1-3-8(4-2-7)15(21)22/h1-5,15H,6H2. The molecule has 128 valence electrons. The van der Waals surface area contributed by atoms with Crippen molar-refractivity contribution in [1.29, 1.82) is 0 Å². The van der Waals surface area contributed by atoms with Gasteiger partial charge >= 0.3 is 0 Å². The molecule has 0 aliphatic carbocycles. The molecule has 0 bridgehead atoms. The average Bonchev–Trinajstić information content (AvgIpc) is 2.58. The highest BCUT2D eigenvalue weighted by atomic mass is 19.3. The minimum Gasteiger partial charge on any atom is -0.391 e. The number of alkyl halides is 2. The minimum absolute atomic E-state index is 0.213. The molecule has 0 aromatic heterocycles. The van der Waals surface area contributed by atoms with Crippen molar-refractivity contribution < 1.29 is 35.6 Å². The molecule has 0 saturated heterocycles. The first-order valence-electron chi connectivity index (χ1n) is 6.36.